The zero-order chi connectivity index (χ0) is 15.5. The third kappa shape index (κ3) is 3.37. The van der Waals surface area contributed by atoms with Gasteiger partial charge in [0, 0.05) is 17.8 Å². The number of hydrogen-bond donors (Lipinski definition) is 0. The largest absolute Gasteiger partial charge is 0.492 e. The van der Waals surface area contributed by atoms with Gasteiger partial charge in [0.25, 0.3) is 0 Å². The first-order valence-corrected chi connectivity index (χ1v) is 8.64. The monoisotopic (exact) mass is 398 g/mol. The van der Waals surface area contributed by atoms with E-state index >= 15 is 0 Å². The van der Waals surface area contributed by atoms with Crippen LogP contribution in [0.25, 0.3) is 11.0 Å². The summed E-state index contributed by atoms with van der Waals surface area (Å²) in [4.78, 5) is 8.53. The van der Waals surface area contributed by atoms with E-state index in [-0.39, 0.29) is 0 Å². The van der Waals surface area contributed by atoms with Crippen LogP contribution in [0.3, 0.4) is 0 Å². The number of benzene rings is 1. The highest BCUT2D eigenvalue weighted by molar-refractivity contribution is 9.10. The van der Waals surface area contributed by atoms with Crippen LogP contribution in [0.5, 0.6) is 5.75 Å². The zero-order valence-corrected chi connectivity index (χ0v) is 14.8. The summed E-state index contributed by atoms with van der Waals surface area (Å²) in [7, 11) is 1.87. The van der Waals surface area contributed by atoms with Gasteiger partial charge in [-0.25, -0.2) is 9.97 Å². The van der Waals surface area contributed by atoms with Gasteiger partial charge in [-0.1, -0.05) is 11.6 Å². The van der Waals surface area contributed by atoms with E-state index in [0.29, 0.717) is 11.6 Å². The molecule has 0 spiro atoms. The number of fused-ring (bicyclic) bond motifs is 1. The van der Waals surface area contributed by atoms with E-state index in [1.165, 1.54) is 0 Å². The maximum absolute atomic E-state index is 5.90. The van der Waals surface area contributed by atoms with Crippen molar-refractivity contribution in [1.29, 1.82) is 0 Å². The van der Waals surface area contributed by atoms with Crippen LogP contribution in [-0.4, -0.2) is 32.1 Å². The van der Waals surface area contributed by atoms with E-state index in [0.717, 1.165) is 32.0 Å². The zero-order valence-electron chi connectivity index (χ0n) is 11.7. The number of thioether (sulfide) groups is 1. The van der Waals surface area contributed by atoms with E-state index < -0.39 is 0 Å². The van der Waals surface area contributed by atoms with Crippen molar-refractivity contribution in [3.63, 3.8) is 0 Å². The third-order valence-electron chi connectivity index (χ3n) is 2.97. The van der Waals surface area contributed by atoms with E-state index in [4.69, 9.17) is 16.3 Å². The minimum Gasteiger partial charge on any atom is -0.492 e. The van der Waals surface area contributed by atoms with Crippen LogP contribution < -0.4 is 4.74 Å². The molecule has 0 fully saturated rings. The molecule has 0 atom stereocenters. The molecule has 0 unspecified atom stereocenters. The van der Waals surface area contributed by atoms with Gasteiger partial charge < -0.3 is 4.74 Å². The van der Waals surface area contributed by atoms with Crippen molar-refractivity contribution in [2.75, 3.05) is 12.4 Å². The summed E-state index contributed by atoms with van der Waals surface area (Å²) in [6.45, 7) is 0.566. The molecule has 2 heterocycles. The third-order valence-corrected chi connectivity index (χ3v) is 4.79. The van der Waals surface area contributed by atoms with Crippen LogP contribution in [0.4, 0.5) is 0 Å². The molecule has 5 nitrogen and oxygen atoms in total. The van der Waals surface area contributed by atoms with E-state index in [2.05, 4.69) is 31.0 Å². The molecule has 0 radical (unpaired) electrons. The molecule has 0 saturated carbocycles. The van der Waals surface area contributed by atoms with Gasteiger partial charge in [0.1, 0.15) is 17.1 Å². The van der Waals surface area contributed by atoms with Crippen LogP contribution >= 0.6 is 39.3 Å². The predicted octanol–water partition coefficient (Wildman–Crippen LogP) is 3.95. The van der Waals surface area contributed by atoms with Gasteiger partial charge in [-0.05, 0) is 34.1 Å². The average molecular weight is 400 g/mol. The standard InChI is InChI=1S/C14H12BrClN4OS/c1-20-13-10(7-19-20)14(18-8-17-13)22-5-4-21-12-3-2-9(16)6-11(12)15/h2-3,6-8H,4-5H2,1H3. The second kappa shape index (κ2) is 6.85. The van der Waals surface area contributed by atoms with Crippen molar-refractivity contribution in [2.45, 2.75) is 5.03 Å². The summed E-state index contributed by atoms with van der Waals surface area (Å²) in [5, 5.41) is 6.75. The molecule has 0 aliphatic rings. The average Bonchev–Trinajstić information content (AvgIpc) is 2.88. The Labute approximate surface area is 145 Å². The molecule has 2 aromatic heterocycles. The quantitative estimate of drug-likeness (QED) is 0.369. The first kappa shape index (κ1) is 15.6. The molecule has 0 bridgehead atoms. The lowest BCUT2D eigenvalue weighted by atomic mass is 10.3. The van der Waals surface area contributed by atoms with Gasteiger partial charge in [-0.2, -0.15) is 5.10 Å². The highest BCUT2D eigenvalue weighted by Crippen LogP contribution is 2.29. The second-order valence-corrected chi connectivity index (χ2v) is 6.83. The molecule has 0 aliphatic heterocycles. The summed E-state index contributed by atoms with van der Waals surface area (Å²) >= 11 is 11.0. The first-order valence-electron chi connectivity index (χ1n) is 6.48. The van der Waals surface area contributed by atoms with Crippen molar-refractivity contribution in [2.24, 2.45) is 7.05 Å². The fourth-order valence-electron chi connectivity index (χ4n) is 1.94. The molecule has 0 saturated heterocycles. The summed E-state index contributed by atoms with van der Waals surface area (Å²) in [5.74, 6) is 1.55. The lowest BCUT2D eigenvalue weighted by Crippen LogP contribution is -2.01. The van der Waals surface area contributed by atoms with E-state index in [9.17, 15) is 0 Å². The summed E-state index contributed by atoms with van der Waals surface area (Å²) < 4.78 is 8.33. The van der Waals surface area contributed by atoms with Crippen LogP contribution in [0.15, 0.2) is 40.2 Å². The first-order chi connectivity index (χ1) is 10.6. The normalized spacial score (nSPS) is 11.0. The SMILES string of the molecule is Cn1ncc2c(SCCOc3ccc(Cl)cc3Br)ncnc21. The minimum absolute atomic E-state index is 0.566. The molecule has 0 amide bonds. The Kier molecular flexibility index (Phi) is 4.85. The molecule has 8 heteroatoms. The predicted molar refractivity (Wildman–Crippen MR) is 91.7 cm³/mol. The Morgan fingerprint density at radius 1 is 1.36 bits per heavy atom. The lowest BCUT2D eigenvalue weighted by molar-refractivity contribution is 0.342. The van der Waals surface area contributed by atoms with E-state index in [1.54, 1.807) is 35.0 Å². The lowest BCUT2D eigenvalue weighted by Gasteiger charge is -2.08. The van der Waals surface area contributed by atoms with Crippen molar-refractivity contribution in [3.05, 3.63) is 40.2 Å². The summed E-state index contributed by atoms with van der Waals surface area (Å²) in [6, 6.07) is 5.47. The number of aromatic nitrogens is 4. The van der Waals surface area contributed by atoms with Gasteiger partial charge in [0.05, 0.1) is 22.7 Å². The van der Waals surface area contributed by atoms with Crippen LogP contribution in [0, 0.1) is 0 Å². The van der Waals surface area contributed by atoms with Gasteiger partial charge in [-0.15, -0.1) is 11.8 Å². The smallest absolute Gasteiger partial charge is 0.162 e. The highest BCUT2D eigenvalue weighted by atomic mass is 79.9. The van der Waals surface area contributed by atoms with Crippen molar-refractivity contribution in [3.8, 4) is 5.75 Å². The van der Waals surface area contributed by atoms with E-state index in [1.807, 2.05) is 19.2 Å². The molecule has 114 valence electrons. The molecule has 3 rings (SSSR count). The number of nitrogens with zero attached hydrogens (tertiary/aromatic N) is 4. The summed E-state index contributed by atoms with van der Waals surface area (Å²) in [6.07, 6.45) is 3.34. The number of aryl methyl sites for hydroxylation is 1. The Bertz CT molecular complexity index is 811. The Morgan fingerprint density at radius 2 is 2.23 bits per heavy atom. The maximum Gasteiger partial charge on any atom is 0.162 e. The Morgan fingerprint density at radius 3 is 3.05 bits per heavy atom. The molecule has 22 heavy (non-hydrogen) atoms. The summed E-state index contributed by atoms with van der Waals surface area (Å²) in [5.41, 5.74) is 0.832. The molecule has 3 aromatic rings. The van der Waals surface area contributed by atoms with Crippen molar-refractivity contribution in [1.82, 2.24) is 19.7 Å². The number of rotatable bonds is 5. The Hall–Kier alpha value is -1.31. The van der Waals surface area contributed by atoms with Crippen molar-refractivity contribution < 1.29 is 4.74 Å². The molecular weight excluding hydrogens is 388 g/mol. The topological polar surface area (TPSA) is 52.8 Å². The van der Waals surface area contributed by atoms with Crippen LogP contribution in [-0.2, 0) is 7.05 Å². The number of hydrogen-bond acceptors (Lipinski definition) is 5. The van der Waals surface area contributed by atoms with Gasteiger partial charge in [0.2, 0.25) is 0 Å². The van der Waals surface area contributed by atoms with Crippen LogP contribution in [0.2, 0.25) is 5.02 Å². The van der Waals surface area contributed by atoms with Gasteiger partial charge in [-0.3, -0.25) is 4.68 Å². The molecule has 0 N–H and O–H groups in total. The maximum atomic E-state index is 5.90. The molecule has 1 aromatic carbocycles. The minimum atomic E-state index is 0.566. The van der Waals surface area contributed by atoms with Crippen molar-refractivity contribution >= 4 is 50.3 Å². The van der Waals surface area contributed by atoms with Gasteiger partial charge >= 0.3 is 0 Å². The van der Waals surface area contributed by atoms with Crippen LogP contribution in [0.1, 0.15) is 0 Å². The fourth-order valence-corrected chi connectivity index (χ4v) is 3.52. The second-order valence-electron chi connectivity index (χ2n) is 4.46. The molecule has 0 aliphatic carbocycles. The molecular formula is C14H12BrClN4OS. The Balaban J connectivity index is 1.61. The number of halogens is 2. The van der Waals surface area contributed by atoms with Gasteiger partial charge in [0.15, 0.2) is 5.65 Å². The highest BCUT2D eigenvalue weighted by Gasteiger charge is 2.08. The fraction of sp³-hybridized carbons (Fsp3) is 0.214. The number of ether oxygens (including phenoxy) is 1.